The predicted octanol–water partition coefficient (Wildman–Crippen LogP) is 1.37. The van der Waals surface area contributed by atoms with Crippen LogP contribution in [0, 0.1) is 0 Å². The standard InChI is InChI=1S/C8H8ClN3O2/c1-14-8(13)7-6(9)2-3-10-4-5-11-12-7/h2-5,12H,1H3. The normalized spacial score (nSPS) is 9.00. The van der Waals surface area contributed by atoms with Crippen LogP contribution in [-0.2, 0) is 4.74 Å². The van der Waals surface area contributed by atoms with Crippen LogP contribution in [0.3, 0.4) is 0 Å². The summed E-state index contributed by atoms with van der Waals surface area (Å²) >= 11 is 5.79. The highest BCUT2D eigenvalue weighted by Crippen LogP contribution is 2.09. The van der Waals surface area contributed by atoms with Gasteiger partial charge in [0.2, 0.25) is 0 Å². The van der Waals surface area contributed by atoms with Gasteiger partial charge in [0.15, 0.2) is 5.69 Å². The first-order valence-corrected chi connectivity index (χ1v) is 4.09. The molecule has 0 saturated heterocycles. The molecule has 0 fully saturated rings. The van der Waals surface area contributed by atoms with Gasteiger partial charge in [0, 0.05) is 12.4 Å². The number of H-pyrrole nitrogens is 1. The summed E-state index contributed by atoms with van der Waals surface area (Å²) in [4.78, 5) is 15.0. The van der Waals surface area contributed by atoms with E-state index >= 15 is 0 Å². The van der Waals surface area contributed by atoms with Crippen molar-refractivity contribution in [3.05, 3.63) is 35.4 Å². The van der Waals surface area contributed by atoms with Crippen molar-refractivity contribution in [3.63, 3.8) is 0 Å². The molecule has 74 valence electrons. The van der Waals surface area contributed by atoms with Crippen LogP contribution in [0.2, 0.25) is 5.02 Å². The first kappa shape index (κ1) is 10.5. The summed E-state index contributed by atoms with van der Waals surface area (Å²) in [6.07, 6.45) is 4.29. The van der Waals surface area contributed by atoms with Crippen molar-refractivity contribution >= 4 is 17.6 Å². The number of nitrogens with one attached hydrogen (secondary N) is 1. The topological polar surface area (TPSA) is 67.9 Å². The average molecular weight is 214 g/mol. The lowest BCUT2D eigenvalue weighted by Crippen LogP contribution is -2.04. The minimum absolute atomic E-state index is 0.0761. The van der Waals surface area contributed by atoms with Crippen molar-refractivity contribution in [2.45, 2.75) is 0 Å². The van der Waals surface area contributed by atoms with Gasteiger partial charge in [0.05, 0.1) is 18.3 Å². The molecule has 0 amide bonds. The second-order valence-electron chi connectivity index (χ2n) is 2.22. The largest absolute Gasteiger partial charge is 0.464 e. The fourth-order valence-electron chi connectivity index (χ4n) is 0.714. The SMILES string of the molecule is COC(=O)c1[nH]nccnccc1Cl. The van der Waals surface area contributed by atoms with Gasteiger partial charge >= 0.3 is 5.97 Å². The Kier molecular flexibility index (Phi) is 3.87. The molecule has 5 nitrogen and oxygen atoms in total. The number of methoxy groups -OCH3 is 1. The summed E-state index contributed by atoms with van der Waals surface area (Å²) in [6.45, 7) is 0. The summed E-state index contributed by atoms with van der Waals surface area (Å²) in [5.41, 5.74) is 0.0761. The van der Waals surface area contributed by atoms with E-state index in [1.54, 1.807) is 0 Å². The van der Waals surface area contributed by atoms with E-state index < -0.39 is 5.97 Å². The van der Waals surface area contributed by atoms with Crippen molar-refractivity contribution in [1.82, 2.24) is 15.2 Å². The van der Waals surface area contributed by atoms with Gasteiger partial charge in [0.25, 0.3) is 0 Å². The van der Waals surface area contributed by atoms with Crippen LogP contribution in [0.5, 0.6) is 0 Å². The molecule has 1 aromatic heterocycles. The van der Waals surface area contributed by atoms with E-state index in [2.05, 4.69) is 19.9 Å². The molecule has 1 N–H and O–H groups in total. The molecular formula is C8H8ClN3O2. The first-order chi connectivity index (χ1) is 6.75. The Hall–Kier alpha value is -1.62. The molecule has 0 unspecified atom stereocenters. The number of halogens is 1. The van der Waals surface area contributed by atoms with Crippen LogP contribution in [0.4, 0.5) is 0 Å². The number of aromatic nitrogens is 3. The van der Waals surface area contributed by atoms with Gasteiger partial charge in [-0.15, -0.1) is 0 Å². The minimum Gasteiger partial charge on any atom is -0.464 e. The van der Waals surface area contributed by atoms with Crippen LogP contribution >= 0.6 is 11.6 Å². The van der Waals surface area contributed by atoms with Crippen LogP contribution < -0.4 is 0 Å². The molecule has 0 aliphatic heterocycles. The summed E-state index contributed by atoms with van der Waals surface area (Å²) in [6, 6.07) is 1.46. The number of hydrogen-bond donors (Lipinski definition) is 1. The van der Waals surface area contributed by atoms with E-state index in [4.69, 9.17) is 11.6 Å². The van der Waals surface area contributed by atoms with Gasteiger partial charge < -0.3 is 4.74 Å². The minimum atomic E-state index is -0.585. The summed E-state index contributed by atoms with van der Waals surface area (Å²) in [7, 11) is 1.26. The van der Waals surface area contributed by atoms with Crippen molar-refractivity contribution < 1.29 is 9.53 Å². The molecule has 1 rings (SSSR count). The number of rotatable bonds is 1. The quantitative estimate of drug-likeness (QED) is 0.716. The fraction of sp³-hybridized carbons (Fsp3) is 0.125. The predicted molar refractivity (Wildman–Crippen MR) is 50.4 cm³/mol. The first-order valence-electron chi connectivity index (χ1n) is 3.71. The molecule has 0 atom stereocenters. The maximum atomic E-state index is 11.2. The number of hydrogen-bond acceptors (Lipinski definition) is 4. The molecule has 0 bridgehead atoms. The molecule has 1 aromatic rings. The Morgan fingerprint density at radius 3 is 3.00 bits per heavy atom. The zero-order chi connectivity index (χ0) is 10.4. The van der Waals surface area contributed by atoms with Gasteiger partial charge in [-0.3, -0.25) is 10.1 Å². The van der Waals surface area contributed by atoms with Gasteiger partial charge in [-0.05, 0) is 6.07 Å². The Labute approximate surface area is 85.4 Å². The Morgan fingerprint density at radius 2 is 2.29 bits per heavy atom. The third-order valence-corrected chi connectivity index (χ3v) is 1.65. The fourth-order valence-corrected chi connectivity index (χ4v) is 0.890. The second-order valence-corrected chi connectivity index (χ2v) is 2.63. The molecule has 0 aromatic carbocycles. The van der Waals surface area contributed by atoms with E-state index in [1.165, 1.54) is 31.8 Å². The molecule has 0 aliphatic carbocycles. The smallest absolute Gasteiger partial charge is 0.357 e. The molecule has 0 aliphatic rings. The lowest BCUT2D eigenvalue weighted by Gasteiger charge is -1.96. The van der Waals surface area contributed by atoms with E-state index in [0.29, 0.717) is 0 Å². The molecule has 6 heteroatoms. The Morgan fingerprint density at radius 1 is 1.50 bits per heavy atom. The third-order valence-electron chi connectivity index (χ3n) is 1.34. The highest BCUT2D eigenvalue weighted by atomic mass is 35.5. The molecule has 14 heavy (non-hydrogen) atoms. The highest BCUT2D eigenvalue weighted by Gasteiger charge is 2.08. The Balaban J connectivity index is 3.30. The van der Waals surface area contributed by atoms with Gasteiger partial charge in [-0.25, -0.2) is 4.79 Å². The third kappa shape index (κ3) is 2.70. The molecular weight excluding hydrogens is 206 g/mol. The average Bonchev–Trinajstić information content (AvgIpc) is 2.29. The number of esters is 1. The molecule has 1 heterocycles. The molecule has 0 radical (unpaired) electrons. The summed E-state index contributed by atoms with van der Waals surface area (Å²) in [5, 5.41) is 6.33. The second kappa shape index (κ2) is 5.18. The van der Waals surface area contributed by atoms with Crippen molar-refractivity contribution in [1.29, 1.82) is 0 Å². The van der Waals surface area contributed by atoms with E-state index in [0.717, 1.165) is 0 Å². The van der Waals surface area contributed by atoms with E-state index in [-0.39, 0.29) is 10.7 Å². The van der Waals surface area contributed by atoms with Crippen LogP contribution in [0.15, 0.2) is 24.7 Å². The summed E-state index contributed by atoms with van der Waals surface area (Å²) < 4.78 is 4.50. The summed E-state index contributed by atoms with van der Waals surface area (Å²) in [5.74, 6) is -0.585. The number of ether oxygens (including phenoxy) is 1. The van der Waals surface area contributed by atoms with Gasteiger partial charge in [-0.2, -0.15) is 5.10 Å². The van der Waals surface area contributed by atoms with Crippen LogP contribution in [0.1, 0.15) is 10.5 Å². The van der Waals surface area contributed by atoms with Crippen LogP contribution in [-0.4, -0.2) is 28.3 Å². The van der Waals surface area contributed by atoms with Gasteiger partial charge in [0.1, 0.15) is 0 Å². The van der Waals surface area contributed by atoms with E-state index in [1.807, 2.05) is 0 Å². The monoisotopic (exact) mass is 213 g/mol. The number of carbonyl (C=O) groups is 1. The number of aromatic amines is 1. The van der Waals surface area contributed by atoms with Crippen molar-refractivity contribution in [2.75, 3.05) is 7.11 Å². The molecule has 0 spiro atoms. The maximum absolute atomic E-state index is 11.2. The number of carbonyl (C=O) groups excluding carboxylic acids is 1. The zero-order valence-corrected chi connectivity index (χ0v) is 8.15. The van der Waals surface area contributed by atoms with E-state index in [9.17, 15) is 4.79 Å². The molecule has 0 saturated carbocycles. The van der Waals surface area contributed by atoms with Crippen molar-refractivity contribution in [2.24, 2.45) is 0 Å². The maximum Gasteiger partial charge on any atom is 0.357 e. The van der Waals surface area contributed by atoms with Gasteiger partial charge in [-0.1, -0.05) is 11.6 Å². The zero-order valence-electron chi connectivity index (χ0n) is 7.40. The lowest BCUT2D eigenvalue weighted by atomic mass is 10.4. The highest BCUT2D eigenvalue weighted by molar-refractivity contribution is 6.33. The van der Waals surface area contributed by atoms with Crippen LogP contribution in [0.25, 0.3) is 0 Å². The lowest BCUT2D eigenvalue weighted by molar-refractivity contribution is 0.0593. The van der Waals surface area contributed by atoms with Crippen molar-refractivity contribution in [3.8, 4) is 0 Å². The number of nitrogens with zero attached hydrogens (tertiary/aromatic N) is 2. The Bertz CT molecular complexity index is 377.